The molecule has 8 N–H and O–H groups in total. The van der Waals surface area contributed by atoms with Gasteiger partial charge in [-0.25, -0.2) is 19.6 Å². The predicted octanol–water partition coefficient (Wildman–Crippen LogP) is 3.40. The number of carboxylic acids is 2. The minimum Gasteiger partial charge on any atom is -0.475 e. The van der Waals surface area contributed by atoms with Crippen molar-refractivity contribution in [2.75, 3.05) is 23.7 Å². The lowest BCUT2D eigenvalue weighted by molar-refractivity contribution is -0.193. The topological polar surface area (TPSA) is 226 Å². The van der Waals surface area contributed by atoms with E-state index in [-0.39, 0.29) is 41.7 Å². The summed E-state index contributed by atoms with van der Waals surface area (Å²) in [5.41, 5.74) is 13.2. The maximum Gasteiger partial charge on any atom is 0.490 e. The van der Waals surface area contributed by atoms with Crippen molar-refractivity contribution in [2.45, 2.75) is 76.8 Å². The molecule has 2 heterocycles. The number of carbonyl (C=O) groups excluding carboxylic acids is 2. The molecule has 1 aliphatic heterocycles. The summed E-state index contributed by atoms with van der Waals surface area (Å²) in [6.07, 6.45) is -4.92. The Hall–Kier alpha value is -4.91. The molecule has 2 atom stereocenters. The van der Waals surface area contributed by atoms with Crippen molar-refractivity contribution in [1.29, 1.82) is 0 Å². The van der Waals surface area contributed by atoms with Crippen molar-refractivity contribution in [3.63, 3.8) is 0 Å². The van der Waals surface area contributed by atoms with E-state index in [1.807, 2.05) is 25.1 Å². The third-order valence-corrected chi connectivity index (χ3v) is 7.25. The van der Waals surface area contributed by atoms with Crippen LogP contribution in [0.3, 0.4) is 0 Å². The Bertz CT molecular complexity index is 1470. The standard InChI is InChI=1S/C24H34N8O2.2C2HF3O2/c1-14-7-8-18-17(13-14)21(27-19-5-3-4-6-20(19)28-23(25)26)30-24(29-18)31-22(34)16-9-11-32(12-10-16)15(2)33;2*3-2(4,5)1(6)7/h7-8,13,16,19-20H,3-6,9-12H2,1-2H3,(H4,25,26,28)(H2,27,29,30,31,34);2*(H,6,7). The van der Waals surface area contributed by atoms with Gasteiger partial charge in [0, 0.05) is 31.3 Å². The summed E-state index contributed by atoms with van der Waals surface area (Å²) < 4.78 is 63.5. The van der Waals surface area contributed by atoms with Crippen LogP contribution in [0.5, 0.6) is 0 Å². The Morgan fingerprint density at radius 3 is 1.96 bits per heavy atom. The van der Waals surface area contributed by atoms with Gasteiger partial charge in [-0.3, -0.25) is 14.9 Å². The summed E-state index contributed by atoms with van der Waals surface area (Å²) in [4.78, 5) is 57.8. The summed E-state index contributed by atoms with van der Waals surface area (Å²) in [5.74, 6) is -4.73. The highest BCUT2D eigenvalue weighted by Gasteiger charge is 2.39. The summed E-state index contributed by atoms with van der Waals surface area (Å²) in [5, 5.41) is 21.6. The number of fused-ring (bicyclic) bond motifs is 1. The van der Waals surface area contributed by atoms with E-state index >= 15 is 0 Å². The Balaban J connectivity index is 0.000000479. The average Bonchev–Trinajstić information content (AvgIpc) is 2.98. The maximum absolute atomic E-state index is 12.9. The number of nitrogens with two attached hydrogens (primary N) is 2. The molecule has 2 fully saturated rings. The van der Waals surface area contributed by atoms with Gasteiger partial charge in [-0.2, -0.15) is 31.3 Å². The number of aliphatic imine (C=N–C) groups is 1. The Labute approximate surface area is 270 Å². The molecule has 2 aromatic rings. The number of alkyl halides is 6. The van der Waals surface area contributed by atoms with Crippen molar-refractivity contribution in [3.05, 3.63) is 23.8 Å². The molecule has 4 rings (SSSR count). The van der Waals surface area contributed by atoms with E-state index in [0.717, 1.165) is 42.1 Å². The molecule has 2 amide bonds. The van der Waals surface area contributed by atoms with Crippen LogP contribution in [0.1, 0.15) is 51.0 Å². The zero-order valence-corrected chi connectivity index (χ0v) is 25.9. The number of carbonyl (C=O) groups is 4. The number of anilines is 2. The fourth-order valence-electron chi connectivity index (χ4n) is 4.88. The smallest absolute Gasteiger partial charge is 0.475 e. The second-order valence-corrected chi connectivity index (χ2v) is 10.9. The number of aliphatic carboxylic acids is 2. The minimum atomic E-state index is -5.08. The molecule has 266 valence electrons. The van der Waals surface area contributed by atoms with E-state index in [1.54, 1.807) is 11.8 Å². The summed E-state index contributed by atoms with van der Waals surface area (Å²) in [6, 6.07) is 5.98. The average molecular weight is 695 g/mol. The van der Waals surface area contributed by atoms with Crippen molar-refractivity contribution >= 4 is 52.4 Å². The molecule has 0 bridgehead atoms. The van der Waals surface area contributed by atoms with Crippen LogP contribution in [0.2, 0.25) is 0 Å². The van der Waals surface area contributed by atoms with Crippen LogP contribution in [-0.4, -0.2) is 92.3 Å². The normalized spacial score (nSPS) is 18.3. The number of piperidine rings is 1. The first-order valence-electron chi connectivity index (χ1n) is 14.5. The van der Waals surface area contributed by atoms with Crippen LogP contribution in [0.25, 0.3) is 10.9 Å². The lowest BCUT2D eigenvalue weighted by atomic mass is 9.90. The summed E-state index contributed by atoms with van der Waals surface area (Å²) >= 11 is 0. The van der Waals surface area contributed by atoms with Crippen molar-refractivity contribution in [1.82, 2.24) is 14.9 Å². The van der Waals surface area contributed by atoms with Gasteiger partial charge >= 0.3 is 24.3 Å². The van der Waals surface area contributed by atoms with E-state index in [0.29, 0.717) is 31.7 Å². The number of carboxylic acid groups (broad SMARTS) is 2. The van der Waals surface area contributed by atoms with Gasteiger partial charge in [-0.15, -0.1) is 0 Å². The van der Waals surface area contributed by atoms with E-state index < -0.39 is 24.3 Å². The van der Waals surface area contributed by atoms with Crippen LogP contribution in [0.15, 0.2) is 23.2 Å². The van der Waals surface area contributed by atoms with Crippen molar-refractivity contribution in [3.8, 4) is 0 Å². The third-order valence-electron chi connectivity index (χ3n) is 7.25. The number of benzene rings is 1. The molecule has 1 aromatic heterocycles. The Morgan fingerprint density at radius 2 is 1.46 bits per heavy atom. The van der Waals surface area contributed by atoms with Gasteiger partial charge in [0.25, 0.3) is 0 Å². The number of likely N-dealkylation sites (tertiary alicyclic amines) is 1. The highest BCUT2D eigenvalue weighted by Crippen LogP contribution is 2.29. The first-order chi connectivity index (χ1) is 22.2. The van der Waals surface area contributed by atoms with Gasteiger partial charge < -0.3 is 31.9 Å². The molecule has 0 radical (unpaired) electrons. The molecule has 0 spiro atoms. The lowest BCUT2D eigenvalue weighted by Gasteiger charge is -2.31. The number of nitrogens with zero attached hydrogens (tertiary/aromatic N) is 4. The molecule has 1 saturated carbocycles. The second-order valence-electron chi connectivity index (χ2n) is 10.9. The van der Waals surface area contributed by atoms with Gasteiger partial charge in [0.2, 0.25) is 17.8 Å². The number of aryl methyl sites for hydroxylation is 1. The maximum atomic E-state index is 12.9. The van der Waals surface area contributed by atoms with Crippen LogP contribution in [0, 0.1) is 12.8 Å². The molecule has 20 heteroatoms. The lowest BCUT2D eigenvalue weighted by Crippen LogP contribution is -2.40. The SMILES string of the molecule is CC(=O)N1CCC(C(=O)Nc2nc(NC3CCCCC3N=C(N)N)c3cc(C)ccc3n2)CC1.O=C(O)C(F)(F)F.O=C(O)C(F)(F)F. The first kappa shape index (κ1) is 39.3. The molecule has 14 nitrogen and oxygen atoms in total. The molecule has 2 unspecified atom stereocenters. The molecule has 1 saturated heterocycles. The minimum absolute atomic E-state index is 0.0296. The number of hydrogen-bond donors (Lipinski definition) is 6. The second kappa shape index (κ2) is 16.8. The van der Waals surface area contributed by atoms with Crippen LogP contribution >= 0.6 is 0 Å². The number of amides is 2. The number of aromatic nitrogens is 2. The van der Waals surface area contributed by atoms with Crippen molar-refractivity contribution < 1.29 is 55.7 Å². The van der Waals surface area contributed by atoms with Gasteiger partial charge in [0.15, 0.2) is 5.96 Å². The molecule has 1 aromatic carbocycles. The molecular weight excluding hydrogens is 658 g/mol. The summed E-state index contributed by atoms with van der Waals surface area (Å²) in [6.45, 7) is 4.76. The Morgan fingerprint density at radius 1 is 0.917 bits per heavy atom. The third kappa shape index (κ3) is 12.4. The van der Waals surface area contributed by atoms with E-state index in [2.05, 4.69) is 20.6 Å². The number of rotatable bonds is 5. The van der Waals surface area contributed by atoms with E-state index in [4.69, 9.17) is 36.3 Å². The van der Waals surface area contributed by atoms with Crippen LogP contribution in [-0.2, 0) is 19.2 Å². The van der Waals surface area contributed by atoms with Gasteiger partial charge in [-0.1, -0.05) is 24.5 Å². The van der Waals surface area contributed by atoms with Gasteiger partial charge in [-0.05, 0) is 44.7 Å². The first-order valence-corrected chi connectivity index (χ1v) is 14.5. The Kier molecular flexibility index (Phi) is 13.7. The fourth-order valence-corrected chi connectivity index (χ4v) is 4.88. The quantitative estimate of drug-likeness (QED) is 0.151. The molecular formula is C28H36F6N8O6. The molecule has 1 aliphatic carbocycles. The molecule has 48 heavy (non-hydrogen) atoms. The highest BCUT2D eigenvalue weighted by molar-refractivity contribution is 5.95. The summed E-state index contributed by atoms with van der Waals surface area (Å²) in [7, 11) is 0. The fraction of sp³-hybridized carbons (Fsp3) is 0.536. The van der Waals surface area contributed by atoms with Crippen molar-refractivity contribution in [2.24, 2.45) is 22.4 Å². The molecule has 2 aliphatic rings. The monoisotopic (exact) mass is 694 g/mol. The zero-order chi connectivity index (χ0) is 36.4. The van der Waals surface area contributed by atoms with Gasteiger partial charge in [0.05, 0.1) is 17.6 Å². The van der Waals surface area contributed by atoms with E-state index in [9.17, 15) is 35.9 Å². The number of halogens is 6. The van der Waals surface area contributed by atoms with Gasteiger partial charge in [0.1, 0.15) is 5.82 Å². The van der Waals surface area contributed by atoms with Crippen LogP contribution < -0.4 is 22.1 Å². The zero-order valence-electron chi connectivity index (χ0n) is 25.9. The highest BCUT2D eigenvalue weighted by atomic mass is 19.4. The number of guanidine groups is 1. The number of hydrogen-bond acceptors (Lipinski definition) is 8. The number of nitrogens with one attached hydrogen (secondary N) is 2. The largest absolute Gasteiger partial charge is 0.490 e. The predicted molar refractivity (Wildman–Crippen MR) is 161 cm³/mol. The van der Waals surface area contributed by atoms with Crippen LogP contribution in [0.4, 0.5) is 38.1 Å². The van der Waals surface area contributed by atoms with E-state index in [1.165, 1.54) is 0 Å².